The van der Waals surface area contributed by atoms with Gasteiger partial charge in [0.05, 0.1) is 12.5 Å². The second-order valence-corrected chi connectivity index (χ2v) is 5.30. The fourth-order valence-electron chi connectivity index (χ4n) is 2.09. The Bertz CT molecular complexity index is 454. The number of amides is 2. The molecule has 1 aliphatic heterocycles. The van der Waals surface area contributed by atoms with Crippen molar-refractivity contribution in [2.24, 2.45) is 0 Å². The molecular formula is C14H18N2O2. The molecule has 0 aromatic heterocycles. The Balaban J connectivity index is 1.97. The Hall–Kier alpha value is -1.68. The molecule has 96 valence electrons. The van der Waals surface area contributed by atoms with Gasteiger partial charge in [0, 0.05) is 12.0 Å². The van der Waals surface area contributed by atoms with Crippen LogP contribution in [0.2, 0.25) is 0 Å². The van der Waals surface area contributed by atoms with Crippen molar-refractivity contribution >= 4 is 11.8 Å². The summed E-state index contributed by atoms with van der Waals surface area (Å²) in [5, 5.41) is 5.47. The van der Waals surface area contributed by atoms with Crippen molar-refractivity contribution in [3.05, 3.63) is 35.9 Å². The van der Waals surface area contributed by atoms with Crippen molar-refractivity contribution in [3.8, 4) is 0 Å². The monoisotopic (exact) mass is 246 g/mol. The molecule has 2 amide bonds. The average molecular weight is 246 g/mol. The van der Waals surface area contributed by atoms with Crippen molar-refractivity contribution in [3.63, 3.8) is 0 Å². The summed E-state index contributed by atoms with van der Waals surface area (Å²) in [6, 6.07) is 9.74. The first-order valence-corrected chi connectivity index (χ1v) is 6.12. The van der Waals surface area contributed by atoms with Crippen LogP contribution in [0.1, 0.15) is 25.8 Å². The molecule has 0 saturated carbocycles. The van der Waals surface area contributed by atoms with Gasteiger partial charge in [-0.2, -0.15) is 0 Å². The van der Waals surface area contributed by atoms with Gasteiger partial charge in [0.1, 0.15) is 0 Å². The highest BCUT2D eigenvalue weighted by molar-refractivity contribution is 6.05. The number of carbonyl (C=O) groups excluding carboxylic acids is 2. The summed E-state index contributed by atoms with van der Waals surface area (Å²) in [7, 11) is 0. The van der Waals surface area contributed by atoms with E-state index in [2.05, 4.69) is 36.6 Å². The zero-order valence-corrected chi connectivity index (χ0v) is 10.7. The van der Waals surface area contributed by atoms with Gasteiger partial charge in [-0.25, -0.2) is 0 Å². The van der Waals surface area contributed by atoms with Gasteiger partial charge in [0.2, 0.25) is 11.8 Å². The van der Waals surface area contributed by atoms with Crippen LogP contribution in [0.5, 0.6) is 0 Å². The van der Waals surface area contributed by atoms with Crippen LogP contribution in [0.3, 0.4) is 0 Å². The minimum Gasteiger partial charge on any atom is -0.305 e. The molecule has 0 aliphatic carbocycles. The molecule has 1 heterocycles. The van der Waals surface area contributed by atoms with Crippen molar-refractivity contribution in [1.29, 1.82) is 0 Å². The molecule has 1 atom stereocenters. The molecule has 18 heavy (non-hydrogen) atoms. The Morgan fingerprint density at radius 3 is 2.50 bits per heavy atom. The Labute approximate surface area is 107 Å². The van der Waals surface area contributed by atoms with E-state index in [0.717, 1.165) is 0 Å². The van der Waals surface area contributed by atoms with Gasteiger partial charge in [0.15, 0.2) is 0 Å². The van der Waals surface area contributed by atoms with Crippen LogP contribution in [0.4, 0.5) is 0 Å². The third kappa shape index (κ3) is 2.76. The predicted molar refractivity (Wildman–Crippen MR) is 69.0 cm³/mol. The average Bonchev–Trinajstić information content (AvgIpc) is 2.67. The number of carbonyl (C=O) groups is 2. The number of nitrogens with one attached hydrogen (secondary N) is 2. The summed E-state index contributed by atoms with van der Waals surface area (Å²) in [5.41, 5.74) is 1.13. The van der Waals surface area contributed by atoms with E-state index in [9.17, 15) is 9.59 Å². The van der Waals surface area contributed by atoms with E-state index in [-0.39, 0.29) is 29.7 Å². The van der Waals surface area contributed by atoms with Crippen LogP contribution in [0, 0.1) is 0 Å². The van der Waals surface area contributed by atoms with Crippen LogP contribution in [-0.2, 0) is 15.0 Å². The van der Waals surface area contributed by atoms with E-state index >= 15 is 0 Å². The van der Waals surface area contributed by atoms with Crippen molar-refractivity contribution in [2.45, 2.75) is 31.7 Å². The molecule has 1 aromatic rings. The van der Waals surface area contributed by atoms with E-state index in [0.29, 0.717) is 6.54 Å². The molecule has 0 spiro atoms. The van der Waals surface area contributed by atoms with Crippen LogP contribution in [0.15, 0.2) is 30.3 Å². The van der Waals surface area contributed by atoms with Crippen molar-refractivity contribution < 1.29 is 9.59 Å². The van der Waals surface area contributed by atoms with Gasteiger partial charge in [-0.3, -0.25) is 14.9 Å². The maximum absolute atomic E-state index is 11.4. The quantitative estimate of drug-likeness (QED) is 0.778. The maximum atomic E-state index is 11.4. The van der Waals surface area contributed by atoms with Crippen LogP contribution >= 0.6 is 0 Å². The van der Waals surface area contributed by atoms with Gasteiger partial charge in [-0.15, -0.1) is 0 Å². The smallest absolute Gasteiger partial charge is 0.244 e. The molecule has 2 N–H and O–H groups in total. The third-order valence-corrected chi connectivity index (χ3v) is 3.31. The zero-order chi connectivity index (χ0) is 13.2. The molecule has 2 rings (SSSR count). The summed E-state index contributed by atoms with van der Waals surface area (Å²) < 4.78 is 0. The fourth-order valence-corrected chi connectivity index (χ4v) is 2.09. The van der Waals surface area contributed by atoms with E-state index in [1.807, 2.05) is 18.2 Å². The number of rotatable bonds is 4. The number of benzene rings is 1. The molecular weight excluding hydrogens is 228 g/mol. The first-order chi connectivity index (χ1) is 8.49. The van der Waals surface area contributed by atoms with Gasteiger partial charge in [0.25, 0.3) is 0 Å². The van der Waals surface area contributed by atoms with E-state index < -0.39 is 0 Å². The highest BCUT2D eigenvalue weighted by Gasteiger charge is 2.31. The Kier molecular flexibility index (Phi) is 3.48. The minimum atomic E-state index is -0.388. The third-order valence-electron chi connectivity index (χ3n) is 3.31. The van der Waals surface area contributed by atoms with E-state index in [4.69, 9.17) is 0 Å². The molecule has 1 unspecified atom stereocenters. The highest BCUT2D eigenvalue weighted by Crippen LogP contribution is 2.22. The normalized spacial score (nSPS) is 20.0. The second kappa shape index (κ2) is 4.90. The molecule has 0 bridgehead atoms. The highest BCUT2D eigenvalue weighted by atomic mass is 16.2. The molecule has 4 heteroatoms. The topological polar surface area (TPSA) is 58.2 Å². The Morgan fingerprint density at radius 2 is 1.94 bits per heavy atom. The second-order valence-electron chi connectivity index (χ2n) is 5.30. The predicted octanol–water partition coefficient (Wildman–Crippen LogP) is 0.969. The lowest BCUT2D eigenvalue weighted by molar-refractivity contribution is -0.125. The number of hydrogen-bond acceptors (Lipinski definition) is 3. The zero-order valence-electron chi connectivity index (χ0n) is 10.7. The molecule has 4 nitrogen and oxygen atoms in total. The summed E-state index contributed by atoms with van der Waals surface area (Å²) >= 11 is 0. The van der Waals surface area contributed by atoms with Crippen LogP contribution < -0.4 is 10.6 Å². The lowest BCUT2D eigenvalue weighted by Crippen LogP contribution is -2.42. The van der Waals surface area contributed by atoms with Crippen molar-refractivity contribution in [2.75, 3.05) is 6.54 Å². The molecule has 1 fully saturated rings. The van der Waals surface area contributed by atoms with Crippen LogP contribution in [-0.4, -0.2) is 24.4 Å². The SMILES string of the molecule is CC(C)(CNC1CC(=O)NC1=O)c1ccccc1. The van der Waals surface area contributed by atoms with Gasteiger partial charge >= 0.3 is 0 Å². The van der Waals surface area contributed by atoms with Crippen molar-refractivity contribution in [1.82, 2.24) is 10.6 Å². The van der Waals surface area contributed by atoms with Gasteiger partial charge < -0.3 is 5.32 Å². The Morgan fingerprint density at radius 1 is 1.28 bits per heavy atom. The first kappa shape index (κ1) is 12.8. The number of imide groups is 1. The summed E-state index contributed by atoms with van der Waals surface area (Å²) in [5.74, 6) is -0.418. The molecule has 0 radical (unpaired) electrons. The lowest BCUT2D eigenvalue weighted by atomic mass is 9.84. The lowest BCUT2D eigenvalue weighted by Gasteiger charge is -2.27. The molecule has 1 aromatic carbocycles. The molecule has 1 aliphatic rings. The number of hydrogen-bond donors (Lipinski definition) is 2. The first-order valence-electron chi connectivity index (χ1n) is 6.12. The fraction of sp³-hybridized carbons (Fsp3) is 0.429. The molecule has 1 saturated heterocycles. The van der Waals surface area contributed by atoms with E-state index in [1.165, 1.54) is 5.56 Å². The van der Waals surface area contributed by atoms with E-state index in [1.54, 1.807) is 0 Å². The van der Waals surface area contributed by atoms with Crippen LogP contribution in [0.25, 0.3) is 0 Å². The largest absolute Gasteiger partial charge is 0.305 e. The van der Waals surface area contributed by atoms with Gasteiger partial charge in [-0.1, -0.05) is 44.2 Å². The minimum absolute atomic E-state index is 0.0762. The summed E-state index contributed by atoms with van der Waals surface area (Å²) in [6.45, 7) is 4.89. The summed E-state index contributed by atoms with van der Waals surface area (Å²) in [6.07, 6.45) is 0.240. The standard InChI is InChI=1S/C14H18N2O2/c1-14(2,10-6-4-3-5-7-10)9-15-11-8-12(17)16-13(11)18/h3-7,11,15H,8-9H2,1-2H3,(H,16,17,18). The van der Waals surface area contributed by atoms with Gasteiger partial charge in [-0.05, 0) is 5.56 Å². The maximum Gasteiger partial charge on any atom is 0.244 e. The summed E-state index contributed by atoms with van der Waals surface area (Å²) in [4.78, 5) is 22.5.